The molecular weight excluding hydrogens is 749 g/mol. The molecule has 13 heteroatoms. The number of rotatable bonds is 22. The summed E-state index contributed by atoms with van der Waals surface area (Å²) in [5, 5.41) is 16.9. The number of aliphatic hydroxyl groups excluding tert-OH is 1. The van der Waals surface area contributed by atoms with Crippen LogP contribution in [0.4, 0.5) is 5.69 Å². The first-order valence-corrected chi connectivity index (χ1v) is 21.4. The minimum atomic E-state index is -0.885. The number of nitrogens with two attached hydrogens (primary N) is 1. The number of nitrogen functional groups attached to an aromatic ring is 1. The van der Waals surface area contributed by atoms with Crippen LogP contribution < -0.4 is 16.4 Å². The lowest BCUT2D eigenvalue weighted by Crippen LogP contribution is -2.60. The van der Waals surface area contributed by atoms with Gasteiger partial charge in [-0.25, -0.2) is 0 Å². The number of nitrogens with one attached hydrogen (secondary N) is 2. The lowest BCUT2D eigenvalue weighted by atomic mass is 9.89. The summed E-state index contributed by atoms with van der Waals surface area (Å²) in [4.78, 5) is 61.8. The number of carbonyl (C=O) groups is 4. The van der Waals surface area contributed by atoms with E-state index >= 15 is 0 Å². The molecule has 330 valence electrons. The number of benzene rings is 2. The summed E-state index contributed by atoms with van der Waals surface area (Å²) in [6.45, 7) is 16.5. The number of nitrogens with zero attached hydrogens (tertiary/aromatic N) is 3. The van der Waals surface area contributed by atoms with Crippen LogP contribution >= 0.6 is 0 Å². The molecule has 0 aliphatic carbocycles. The number of hydrogen-bond donors (Lipinski definition) is 4. The molecule has 3 rings (SSSR count). The van der Waals surface area contributed by atoms with E-state index in [1.54, 1.807) is 44.9 Å². The van der Waals surface area contributed by atoms with E-state index in [4.69, 9.17) is 15.2 Å². The van der Waals surface area contributed by atoms with Gasteiger partial charge < -0.3 is 40.7 Å². The van der Waals surface area contributed by atoms with Gasteiger partial charge in [0.1, 0.15) is 6.04 Å². The highest BCUT2D eigenvalue weighted by Gasteiger charge is 2.43. The van der Waals surface area contributed by atoms with Gasteiger partial charge in [0.2, 0.25) is 23.6 Å². The van der Waals surface area contributed by atoms with Crippen LogP contribution in [0.1, 0.15) is 98.3 Å². The molecule has 2 aromatic carbocycles. The predicted molar refractivity (Wildman–Crippen MR) is 233 cm³/mol. The first-order chi connectivity index (χ1) is 27.9. The molecule has 13 nitrogen and oxygen atoms in total. The molecule has 0 spiro atoms. The van der Waals surface area contributed by atoms with E-state index in [1.165, 1.54) is 0 Å². The van der Waals surface area contributed by atoms with Crippen molar-refractivity contribution in [1.29, 1.82) is 0 Å². The Morgan fingerprint density at radius 2 is 1.56 bits per heavy atom. The third kappa shape index (κ3) is 13.0. The number of carbonyl (C=O) groups excluding carboxylic acids is 4. The average molecular weight is 823 g/mol. The topological polar surface area (TPSA) is 167 Å². The van der Waals surface area contributed by atoms with Gasteiger partial charge in [-0.15, -0.1) is 0 Å². The zero-order valence-electron chi connectivity index (χ0n) is 37.7. The molecule has 1 aliphatic heterocycles. The van der Waals surface area contributed by atoms with Crippen molar-refractivity contribution in [3.8, 4) is 0 Å². The van der Waals surface area contributed by atoms with Crippen LogP contribution in [0.25, 0.3) is 0 Å². The Labute approximate surface area is 353 Å². The second-order valence-electron chi connectivity index (χ2n) is 17.3. The average Bonchev–Trinajstić information content (AvgIpc) is 3.68. The zero-order valence-corrected chi connectivity index (χ0v) is 37.7. The van der Waals surface area contributed by atoms with Crippen molar-refractivity contribution in [1.82, 2.24) is 25.3 Å². The van der Waals surface area contributed by atoms with Crippen molar-refractivity contribution in [2.24, 2.45) is 23.7 Å². The molecular formula is C46H74N6O7. The lowest BCUT2D eigenvalue weighted by Gasteiger charge is -2.41. The molecule has 1 saturated heterocycles. The van der Waals surface area contributed by atoms with E-state index < -0.39 is 48.4 Å². The van der Waals surface area contributed by atoms with Crippen LogP contribution in [0.15, 0.2) is 54.6 Å². The fraction of sp³-hybridized carbons (Fsp3) is 0.652. The quantitative estimate of drug-likeness (QED) is 0.119. The number of anilines is 1. The number of methoxy groups -OCH3 is 2. The van der Waals surface area contributed by atoms with Crippen LogP contribution in [-0.4, -0.2) is 121 Å². The molecule has 4 amide bonds. The largest absolute Gasteiger partial charge is 0.399 e. The molecule has 0 radical (unpaired) electrons. The third-order valence-corrected chi connectivity index (χ3v) is 12.2. The maximum atomic E-state index is 14.5. The molecule has 5 N–H and O–H groups in total. The Kier molecular flexibility index (Phi) is 19.3. The second-order valence-corrected chi connectivity index (χ2v) is 17.3. The minimum absolute atomic E-state index is 0.0138. The van der Waals surface area contributed by atoms with Gasteiger partial charge in [-0.3, -0.25) is 24.1 Å². The highest BCUT2D eigenvalue weighted by atomic mass is 16.5. The van der Waals surface area contributed by atoms with Crippen LogP contribution in [0.5, 0.6) is 0 Å². The summed E-state index contributed by atoms with van der Waals surface area (Å²) in [7, 11) is 6.76. The van der Waals surface area contributed by atoms with Crippen molar-refractivity contribution in [3.63, 3.8) is 0 Å². The Morgan fingerprint density at radius 1 is 0.898 bits per heavy atom. The summed E-state index contributed by atoms with van der Waals surface area (Å²) >= 11 is 0. The van der Waals surface area contributed by atoms with E-state index in [0.29, 0.717) is 30.8 Å². The van der Waals surface area contributed by atoms with Crippen molar-refractivity contribution in [3.05, 3.63) is 65.7 Å². The maximum absolute atomic E-state index is 14.5. The van der Waals surface area contributed by atoms with Crippen molar-refractivity contribution >= 4 is 29.3 Å². The Balaban J connectivity index is 1.77. The first kappa shape index (κ1) is 49.3. The molecule has 0 saturated carbocycles. The van der Waals surface area contributed by atoms with Crippen LogP contribution in [0, 0.1) is 23.7 Å². The SMILES string of the molecule is CCC(C)C(C(CC(=O)N1CCCC1C(OC)C(C)C(=O)NC(C)C(O)c1ccccc1)OC)N(C)C(=O)C(NC(=O)C(C(C)C)N(C)Cc1cccc(N)c1)C(C)C. The maximum Gasteiger partial charge on any atom is 0.245 e. The molecule has 1 heterocycles. The number of amides is 4. The van der Waals surface area contributed by atoms with Crippen molar-refractivity contribution in [2.45, 2.75) is 136 Å². The highest BCUT2D eigenvalue weighted by molar-refractivity contribution is 5.90. The van der Waals surface area contributed by atoms with Gasteiger partial charge in [0.25, 0.3) is 0 Å². The molecule has 0 aromatic heterocycles. The molecule has 0 bridgehead atoms. The Bertz CT molecular complexity index is 1640. The predicted octanol–water partition coefficient (Wildman–Crippen LogP) is 5.02. The molecule has 1 fully saturated rings. The van der Waals surface area contributed by atoms with Crippen LogP contribution in [-0.2, 0) is 35.2 Å². The second kappa shape index (κ2) is 23.1. The molecule has 59 heavy (non-hydrogen) atoms. The third-order valence-electron chi connectivity index (χ3n) is 12.2. The van der Waals surface area contributed by atoms with Crippen LogP contribution in [0.2, 0.25) is 0 Å². The van der Waals surface area contributed by atoms with Crippen molar-refractivity contribution in [2.75, 3.05) is 40.6 Å². The van der Waals surface area contributed by atoms with Gasteiger partial charge in [-0.1, -0.05) is 97.4 Å². The first-order valence-electron chi connectivity index (χ1n) is 21.4. The van der Waals surface area contributed by atoms with Gasteiger partial charge in [0.15, 0.2) is 0 Å². The summed E-state index contributed by atoms with van der Waals surface area (Å²) in [5.74, 6) is -1.83. The van der Waals surface area contributed by atoms with Gasteiger partial charge in [-0.2, -0.15) is 0 Å². The molecule has 2 aromatic rings. The summed E-state index contributed by atoms with van der Waals surface area (Å²) in [6, 6.07) is 14.1. The smallest absolute Gasteiger partial charge is 0.245 e. The Hall–Kier alpha value is -4.04. The van der Waals surface area contributed by atoms with Gasteiger partial charge in [-0.05, 0) is 67.8 Å². The fourth-order valence-corrected chi connectivity index (χ4v) is 8.74. The van der Waals surface area contributed by atoms with Crippen molar-refractivity contribution < 1.29 is 33.8 Å². The Morgan fingerprint density at radius 3 is 2.12 bits per heavy atom. The number of ether oxygens (including phenoxy) is 2. The standard InChI is InChI=1S/C46H74N6O7/c1-13-30(6)41(51(10)46(57)39(28(2)3)49-45(56)40(29(4)5)50(9)27-33-19-17-22-35(47)25-33)37(58-11)26-38(53)52-24-18-23-36(52)43(59-12)31(7)44(55)48-32(8)42(54)34-20-15-14-16-21-34/h14-17,19-22,25,28-32,36-37,39-43,54H,13,18,23-24,26-27,47H2,1-12H3,(H,48,55)(H,49,56). The summed E-state index contributed by atoms with van der Waals surface area (Å²) in [5.41, 5.74) is 8.37. The van der Waals surface area contributed by atoms with Gasteiger partial charge >= 0.3 is 0 Å². The molecule has 1 aliphatic rings. The molecule has 10 unspecified atom stereocenters. The number of likely N-dealkylation sites (N-methyl/N-ethyl adjacent to an activating group) is 2. The van der Waals surface area contributed by atoms with Gasteiger partial charge in [0.05, 0.1) is 54.8 Å². The fourth-order valence-electron chi connectivity index (χ4n) is 8.74. The zero-order chi connectivity index (χ0) is 44.1. The number of aliphatic hydroxyl groups is 1. The van der Waals surface area contributed by atoms with E-state index in [2.05, 4.69) is 10.6 Å². The minimum Gasteiger partial charge on any atom is -0.399 e. The summed E-state index contributed by atoms with van der Waals surface area (Å²) in [6.07, 6.45) is 0.0286. The highest BCUT2D eigenvalue weighted by Crippen LogP contribution is 2.30. The van der Waals surface area contributed by atoms with E-state index in [-0.39, 0.29) is 53.8 Å². The monoisotopic (exact) mass is 823 g/mol. The normalized spacial score (nSPS) is 19.1. The van der Waals surface area contributed by atoms with E-state index in [9.17, 15) is 24.3 Å². The summed E-state index contributed by atoms with van der Waals surface area (Å²) < 4.78 is 12.0. The van der Waals surface area contributed by atoms with Gasteiger partial charge in [0, 0.05) is 40.0 Å². The van der Waals surface area contributed by atoms with E-state index in [1.807, 2.05) is 108 Å². The van der Waals surface area contributed by atoms with Crippen LogP contribution in [0.3, 0.4) is 0 Å². The lowest BCUT2D eigenvalue weighted by molar-refractivity contribution is -0.148. The molecule has 10 atom stereocenters. The van der Waals surface area contributed by atoms with E-state index in [0.717, 1.165) is 18.4 Å². The number of likely N-dealkylation sites (tertiary alicyclic amines) is 1. The number of hydrogen-bond acceptors (Lipinski definition) is 9.